The predicted octanol–water partition coefficient (Wildman–Crippen LogP) is 2.72. The van der Waals surface area contributed by atoms with Gasteiger partial charge in [-0.1, -0.05) is 18.2 Å². The highest BCUT2D eigenvalue weighted by molar-refractivity contribution is 5.54. The van der Waals surface area contributed by atoms with Crippen molar-refractivity contribution >= 4 is 5.69 Å². The molecule has 1 aromatic rings. The largest absolute Gasteiger partial charge is 0.375 e. The van der Waals surface area contributed by atoms with E-state index in [1.807, 2.05) is 0 Å². The molecule has 0 aromatic heterocycles. The molecule has 1 fully saturated rings. The lowest BCUT2D eigenvalue weighted by molar-refractivity contribution is -0.0786. The molecule has 106 valence electrons. The van der Waals surface area contributed by atoms with E-state index in [-0.39, 0.29) is 11.1 Å². The van der Waals surface area contributed by atoms with Crippen LogP contribution in [0, 0.1) is 6.92 Å². The number of hydrogen-bond donors (Lipinski definition) is 1. The molecule has 1 aromatic carbocycles. The third kappa shape index (κ3) is 2.77. The molecule has 0 radical (unpaired) electrons. The van der Waals surface area contributed by atoms with Crippen LogP contribution >= 0.6 is 0 Å². The Hall–Kier alpha value is -1.06. The molecule has 0 saturated carbocycles. The van der Waals surface area contributed by atoms with Crippen LogP contribution in [0.3, 0.4) is 0 Å². The van der Waals surface area contributed by atoms with Crippen LogP contribution in [0.5, 0.6) is 0 Å². The topological polar surface area (TPSA) is 38.5 Å². The van der Waals surface area contributed by atoms with Gasteiger partial charge < -0.3 is 15.4 Å². The Labute approximate surface area is 116 Å². The van der Waals surface area contributed by atoms with E-state index >= 15 is 0 Å². The third-order valence-electron chi connectivity index (χ3n) is 4.38. The summed E-state index contributed by atoms with van der Waals surface area (Å²) in [5.41, 5.74) is 8.60. The van der Waals surface area contributed by atoms with E-state index in [4.69, 9.17) is 10.5 Å². The quantitative estimate of drug-likeness (QED) is 0.910. The Kier molecular flexibility index (Phi) is 3.88. The predicted molar refractivity (Wildman–Crippen MR) is 80.6 cm³/mol. The molecule has 1 aliphatic rings. The fourth-order valence-electron chi connectivity index (χ4n) is 3.24. The van der Waals surface area contributed by atoms with Crippen molar-refractivity contribution < 1.29 is 4.74 Å². The van der Waals surface area contributed by atoms with Gasteiger partial charge in [-0.15, -0.1) is 0 Å². The zero-order chi connectivity index (χ0) is 14.1. The van der Waals surface area contributed by atoms with E-state index in [0.717, 1.165) is 19.4 Å². The normalized spacial score (nSPS) is 26.2. The van der Waals surface area contributed by atoms with Crippen LogP contribution in [-0.2, 0) is 4.74 Å². The van der Waals surface area contributed by atoms with E-state index in [2.05, 4.69) is 57.0 Å². The van der Waals surface area contributed by atoms with Crippen molar-refractivity contribution in [1.82, 2.24) is 0 Å². The van der Waals surface area contributed by atoms with Crippen LogP contribution in [0.15, 0.2) is 24.3 Å². The average molecular weight is 262 g/mol. The summed E-state index contributed by atoms with van der Waals surface area (Å²) in [6, 6.07) is 8.50. The number of nitrogens with zero attached hydrogens (tertiary/aromatic N) is 1. The molecule has 0 spiro atoms. The molecule has 2 rings (SSSR count). The van der Waals surface area contributed by atoms with Gasteiger partial charge in [0.25, 0.3) is 0 Å². The molecule has 0 bridgehead atoms. The number of nitrogens with two attached hydrogens (primary N) is 1. The lowest BCUT2D eigenvalue weighted by Gasteiger charge is -2.50. The molecule has 1 atom stereocenters. The molecule has 3 heteroatoms. The summed E-state index contributed by atoms with van der Waals surface area (Å²) in [5.74, 6) is 0. The number of aryl methyl sites for hydroxylation is 1. The van der Waals surface area contributed by atoms with Gasteiger partial charge in [-0.25, -0.2) is 0 Å². The first-order chi connectivity index (χ1) is 8.90. The van der Waals surface area contributed by atoms with Gasteiger partial charge in [0.1, 0.15) is 0 Å². The first kappa shape index (κ1) is 14.4. The minimum atomic E-state index is -0.103. The fourth-order valence-corrected chi connectivity index (χ4v) is 3.24. The maximum absolute atomic E-state index is 6.15. The highest BCUT2D eigenvalue weighted by Crippen LogP contribution is 2.38. The van der Waals surface area contributed by atoms with Crippen molar-refractivity contribution in [3.8, 4) is 0 Å². The van der Waals surface area contributed by atoms with Gasteiger partial charge in [-0.05, 0) is 38.8 Å². The van der Waals surface area contributed by atoms with Crippen molar-refractivity contribution in [2.75, 3.05) is 25.1 Å². The number of hydrogen-bond acceptors (Lipinski definition) is 3. The second-order valence-electron chi connectivity index (χ2n) is 6.31. The third-order valence-corrected chi connectivity index (χ3v) is 4.38. The van der Waals surface area contributed by atoms with E-state index in [0.29, 0.717) is 6.54 Å². The van der Waals surface area contributed by atoms with Gasteiger partial charge in [0, 0.05) is 32.3 Å². The zero-order valence-electron chi connectivity index (χ0n) is 12.6. The summed E-state index contributed by atoms with van der Waals surface area (Å²) < 4.78 is 5.86. The lowest BCUT2D eigenvalue weighted by atomic mass is 9.79. The summed E-state index contributed by atoms with van der Waals surface area (Å²) in [5, 5.41) is 0. The summed E-state index contributed by atoms with van der Waals surface area (Å²) in [7, 11) is 2.16. The molecule has 1 aliphatic heterocycles. The van der Waals surface area contributed by atoms with Crippen LogP contribution in [0.2, 0.25) is 0 Å². The Bertz CT molecular complexity index is 444. The van der Waals surface area contributed by atoms with Crippen molar-refractivity contribution in [3.05, 3.63) is 29.8 Å². The zero-order valence-corrected chi connectivity index (χ0v) is 12.6. The van der Waals surface area contributed by atoms with Gasteiger partial charge in [0.15, 0.2) is 0 Å². The number of para-hydroxylation sites is 1. The van der Waals surface area contributed by atoms with Crippen LogP contribution in [0.25, 0.3) is 0 Å². The van der Waals surface area contributed by atoms with Crippen LogP contribution in [-0.4, -0.2) is 31.3 Å². The van der Waals surface area contributed by atoms with Crippen molar-refractivity contribution in [3.63, 3.8) is 0 Å². The Morgan fingerprint density at radius 3 is 2.58 bits per heavy atom. The molecular formula is C16H26N2O. The number of rotatable bonds is 3. The molecule has 0 aliphatic carbocycles. The monoisotopic (exact) mass is 262 g/mol. The van der Waals surface area contributed by atoms with E-state index in [9.17, 15) is 0 Å². The number of ether oxygens (including phenoxy) is 1. The molecule has 1 unspecified atom stereocenters. The van der Waals surface area contributed by atoms with Gasteiger partial charge in [-0.3, -0.25) is 0 Å². The van der Waals surface area contributed by atoms with E-state index < -0.39 is 0 Å². The summed E-state index contributed by atoms with van der Waals surface area (Å²) >= 11 is 0. The molecule has 3 nitrogen and oxygen atoms in total. The smallest absolute Gasteiger partial charge is 0.0649 e. The van der Waals surface area contributed by atoms with Gasteiger partial charge in [0.2, 0.25) is 0 Å². The summed E-state index contributed by atoms with van der Waals surface area (Å²) in [4.78, 5) is 2.37. The van der Waals surface area contributed by atoms with E-state index in [1.54, 1.807) is 0 Å². The maximum Gasteiger partial charge on any atom is 0.0649 e. The molecule has 19 heavy (non-hydrogen) atoms. The summed E-state index contributed by atoms with van der Waals surface area (Å²) in [6.07, 6.45) is 1.94. The highest BCUT2D eigenvalue weighted by Gasteiger charge is 2.43. The molecule has 0 amide bonds. The van der Waals surface area contributed by atoms with Crippen molar-refractivity contribution in [1.29, 1.82) is 0 Å². The highest BCUT2D eigenvalue weighted by atomic mass is 16.5. The van der Waals surface area contributed by atoms with Crippen LogP contribution in [0.4, 0.5) is 5.69 Å². The fraction of sp³-hybridized carbons (Fsp3) is 0.625. The molecule has 1 saturated heterocycles. The van der Waals surface area contributed by atoms with Gasteiger partial charge >= 0.3 is 0 Å². The van der Waals surface area contributed by atoms with E-state index in [1.165, 1.54) is 11.3 Å². The number of benzene rings is 1. The van der Waals surface area contributed by atoms with Gasteiger partial charge in [0.05, 0.1) is 11.1 Å². The number of anilines is 1. The Morgan fingerprint density at radius 2 is 2.00 bits per heavy atom. The summed E-state index contributed by atoms with van der Waals surface area (Å²) in [6.45, 7) is 7.90. The second-order valence-corrected chi connectivity index (χ2v) is 6.31. The molecular weight excluding hydrogens is 236 g/mol. The van der Waals surface area contributed by atoms with Crippen molar-refractivity contribution in [2.24, 2.45) is 5.73 Å². The van der Waals surface area contributed by atoms with Crippen LogP contribution in [0.1, 0.15) is 32.3 Å². The number of likely N-dealkylation sites (N-methyl/N-ethyl adjacent to an activating group) is 1. The minimum absolute atomic E-state index is 0.00609. The molecule has 1 heterocycles. The second kappa shape index (κ2) is 5.14. The minimum Gasteiger partial charge on any atom is -0.375 e. The average Bonchev–Trinajstić information content (AvgIpc) is 2.37. The lowest BCUT2D eigenvalue weighted by Crippen LogP contribution is -2.59. The Morgan fingerprint density at radius 1 is 1.32 bits per heavy atom. The standard InChI is InChI=1S/C16H26N2O/c1-13-7-5-6-8-14(13)18(4)16(12-17)9-10-19-15(2,3)11-16/h5-8H,9-12,17H2,1-4H3. The first-order valence-electron chi connectivity index (χ1n) is 7.04. The maximum atomic E-state index is 6.15. The SMILES string of the molecule is Cc1ccccc1N(C)C1(CN)CCOC(C)(C)C1. The Balaban J connectivity index is 2.33. The van der Waals surface area contributed by atoms with Crippen molar-refractivity contribution in [2.45, 2.75) is 44.8 Å². The first-order valence-corrected chi connectivity index (χ1v) is 7.04. The van der Waals surface area contributed by atoms with Gasteiger partial charge in [-0.2, -0.15) is 0 Å². The van der Waals surface area contributed by atoms with Crippen LogP contribution < -0.4 is 10.6 Å². The molecule has 2 N–H and O–H groups in total.